The van der Waals surface area contributed by atoms with Gasteiger partial charge in [0.25, 0.3) is 0 Å². The third kappa shape index (κ3) is 4.17. The normalized spacial score (nSPS) is 11.0. The quantitative estimate of drug-likeness (QED) is 0.416. The van der Waals surface area contributed by atoms with Gasteiger partial charge in [0.05, 0.1) is 0 Å². The van der Waals surface area contributed by atoms with E-state index in [0.29, 0.717) is 5.69 Å². The first kappa shape index (κ1) is 15.4. The molecule has 0 bridgehead atoms. The summed E-state index contributed by atoms with van der Waals surface area (Å²) in [6.07, 6.45) is -2.67. The van der Waals surface area contributed by atoms with Crippen molar-refractivity contribution >= 4 is 30.6 Å². The maximum Gasteiger partial charge on any atom is 0.514 e. The van der Waals surface area contributed by atoms with Crippen LogP contribution in [0.1, 0.15) is 31.9 Å². The van der Waals surface area contributed by atoms with Gasteiger partial charge in [-0.15, -0.1) is 12.6 Å². The van der Waals surface area contributed by atoms with E-state index in [2.05, 4.69) is 22.7 Å². The number of carboxylic acid groups (broad SMARTS) is 1. The third-order valence-electron chi connectivity index (χ3n) is 2.57. The molecule has 0 spiro atoms. The molecule has 0 fully saturated rings. The van der Waals surface area contributed by atoms with Crippen molar-refractivity contribution in [2.24, 2.45) is 0 Å². The molecule has 0 saturated carbocycles. The van der Waals surface area contributed by atoms with Crippen molar-refractivity contribution < 1.29 is 19.4 Å². The first-order valence-electron chi connectivity index (χ1n) is 5.67. The fraction of sp³-hybridized carbons (Fsp3) is 0.385. The number of anilines is 1. The molecule has 1 aromatic rings. The Bertz CT molecular complexity index is 520. The number of amides is 1. The Morgan fingerprint density at radius 3 is 2.37 bits per heavy atom. The van der Waals surface area contributed by atoms with Gasteiger partial charge in [-0.05, 0) is 35.6 Å². The Kier molecular flexibility index (Phi) is 4.47. The second-order valence-electron chi connectivity index (χ2n) is 5.21. The van der Waals surface area contributed by atoms with Crippen molar-refractivity contribution in [1.82, 2.24) is 0 Å². The van der Waals surface area contributed by atoms with Crippen LogP contribution in [0.5, 0.6) is 0 Å². The number of hydrogen-bond donors (Lipinski definition) is 3. The van der Waals surface area contributed by atoms with E-state index in [9.17, 15) is 9.59 Å². The first-order valence-corrected chi connectivity index (χ1v) is 6.12. The molecule has 0 atom stereocenters. The Hall–Kier alpha value is -1.69. The number of rotatable bonds is 1. The van der Waals surface area contributed by atoms with Gasteiger partial charge in [0.2, 0.25) is 0 Å². The molecular formula is C13H17NO4S. The number of carbonyl (C=O) groups is 2. The van der Waals surface area contributed by atoms with E-state index in [0.717, 1.165) is 16.0 Å². The summed E-state index contributed by atoms with van der Waals surface area (Å²) in [6, 6.07) is 3.60. The van der Waals surface area contributed by atoms with E-state index in [-0.39, 0.29) is 5.41 Å². The van der Waals surface area contributed by atoms with Gasteiger partial charge in [0.15, 0.2) is 0 Å². The van der Waals surface area contributed by atoms with Gasteiger partial charge in [0, 0.05) is 10.6 Å². The lowest BCUT2D eigenvalue weighted by Gasteiger charge is -2.23. The smallest absolute Gasteiger partial charge is 0.449 e. The molecule has 0 aromatic heterocycles. The van der Waals surface area contributed by atoms with Crippen LogP contribution in [0.4, 0.5) is 15.3 Å². The summed E-state index contributed by atoms with van der Waals surface area (Å²) in [4.78, 5) is 22.4. The second-order valence-corrected chi connectivity index (χ2v) is 5.70. The lowest BCUT2D eigenvalue weighted by atomic mass is 9.86. The largest absolute Gasteiger partial charge is 0.514 e. The van der Waals surface area contributed by atoms with Crippen LogP contribution in [0, 0.1) is 6.92 Å². The van der Waals surface area contributed by atoms with Crippen LogP contribution in [0.2, 0.25) is 0 Å². The maximum absolute atomic E-state index is 11.3. The van der Waals surface area contributed by atoms with Crippen molar-refractivity contribution in [1.29, 1.82) is 0 Å². The van der Waals surface area contributed by atoms with Crippen LogP contribution in [0.25, 0.3) is 0 Å². The van der Waals surface area contributed by atoms with E-state index in [1.54, 1.807) is 13.0 Å². The number of hydrogen-bond acceptors (Lipinski definition) is 4. The van der Waals surface area contributed by atoms with Crippen molar-refractivity contribution in [2.75, 3.05) is 5.32 Å². The van der Waals surface area contributed by atoms with Gasteiger partial charge in [-0.25, -0.2) is 9.59 Å². The Labute approximate surface area is 117 Å². The van der Waals surface area contributed by atoms with E-state index < -0.39 is 12.2 Å². The maximum atomic E-state index is 11.3. The van der Waals surface area contributed by atoms with Crippen LogP contribution in [-0.4, -0.2) is 17.4 Å². The number of thiol groups is 1. The van der Waals surface area contributed by atoms with Gasteiger partial charge in [-0.2, -0.15) is 0 Å². The summed E-state index contributed by atoms with van der Waals surface area (Å²) in [5.41, 5.74) is 2.10. The summed E-state index contributed by atoms with van der Waals surface area (Å²) in [7, 11) is 0. The predicted octanol–water partition coefficient (Wildman–Crippen LogP) is 3.81. The Morgan fingerprint density at radius 1 is 1.32 bits per heavy atom. The number of benzene rings is 1. The fourth-order valence-corrected chi connectivity index (χ4v) is 2.24. The molecule has 0 unspecified atom stereocenters. The van der Waals surface area contributed by atoms with Crippen molar-refractivity contribution in [2.45, 2.75) is 38.0 Å². The number of nitrogens with one attached hydrogen (secondary N) is 1. The average molecular weight is 283 g/mol. The van der Waals surface area contributed by atoms with Crippen molar-refractivity contribution in [3.8, 4) is 0 Å². The fourth-order valence-electron chi connectivity index (χ4n) is 1.64. The second kappa shape index (κ2) is 5.52. The van der Waals surface area contributed by atoms with E-state index >= 15 is 0 Å². The summed E-state index contributed by atoms with van der Waals surface area (Å²) in [5.74, 6) is 0. The molecule has 0 aliphatic carbocycles. The average Bonchev–Trinajstić information content (AvgIpc) is 2.18. The number of aryl methyl sites for hydroxylation is 1. The molecule has 1 amide bonds. The number of carbonyl (C=O) groups excluding carboxylic acids is 1. The van der Waals surface area contributed by atoms with Crippen LogP contribution in [0.15, 0.2) is 17.0 Å². The molecule has 0 aliphatic rings. The first-order chi connectivity index (χ1) is 8.61. The van der Waals surface area contributed by atoms with Crippen LogP contribution >= 0.6 is 12.6 Å². The molecule has 1 rings (SSSR count). The van der Waals surface area contributed by atoms with E-state index in [1.165, 1.54) is 0 Å². The van der Waals surface area contributed by atoms with Crippen LogP contribution < -0.4 is 5.32 Å². The van der Waals surface area contributed by atoms with Gasteiger partial charge in [0.1, 0.15) is 0 Å². The molecule has 2 N–H and O–H groups in total. The Morgan fingerprint density at radius 2 is 1.89 bits per heavy atom. The zero-order valence-electron chi connectivity index (χ0n) is 11.3. The zero-order valence-corrected chi connectivity index (χ0v) is 12.2. The monoisotopic (exact) mass is 283 g/mol. The highest BCUT2D eigenvalue weighted by atomic mass is 32.1. The standard InChI is InChI=1S/C13H17NO4S/c1-7-5-10(19)8(13(2,3)4)6-9(7)14-11(15)18-12(16)17/h5-6,19H,1-4H3,(H,14,15)(H,16,17). The van der Waals surface area contributed by atoms with Crippen molar-refractivity contribution in [3.05, 3.63) is 23.3 Å². The summed E-state index contributed by atoms with van der Waals surface area (Å²) in [6.45, 7) is 7.87. The summed E-state index contributed by atoms with van der Waals surface area (Å²) >= 11 is 4.42. The molecule has 104 valence electrons. The van der Waals surface area contributed by atoms with E-state index in [4.69, 9.17) is 5.11 Å². The molecule has 5 nitrogen and oxygen atoms in total. The van der Waals surface area contributed by atoms with Gasteiger partial charge in [-0.3, -0.25) is 5.32 Å². The Balaban J connectivity index is 3.08. The predicted molar refractivity (Wildman–Crippen MR) is 75.3 cm³/mol. The molecule has 0 aliphatic heterocycles. The highest BCUT2D eigenvalue weighted by Crippen LogP contribution is 2.32. The topological polar surface area (TPSA) is 75.6 Å². The number of ether oxygens (including phenoxy) is 1. The summed E-state index contributed by atoms with van der Waals surface area (Å²) < 4.78 is 4.01. The van der Waals surface area contributed by atoms with E-state index in [1.807, 2.05) is 26.8 Å². The minimum absolute atomic E-state index is 0.141. The van der Waals surface area contributed by atoms with Crippen LogP contribution in [0.3, 0.4) is 0 Å². The highest BCUT2D eigenvalue weighted by molar-refractivity contribution is 7.80. The van der Waals surface area contributed by atoms with Gasteiger partial charge < -0.3 is 9.84 Å². The third-order valence-corrected chi connectivity index (χ3v) is 2.94. The lowest BCUT2D eigenvalue weighted by Crippen LogP contribution is -2.19. The van der Waals surface area contributed by atoms with Gasteiger partial charge in [-0.1, -0.05) is 20.8 Å². The zero-order chi connectivity index (χ0) is 14.8. The van der Waals surface area contributed by atoms with Crippen LogP contribution in [-0.2, 0) is 10.2 Å². The molecular weight excluding hydrogens is 266 g/mol. The highest BCUT2D eigenvalue weighted by Gasteiger charge is 2.19. The molecule has 6 heteroatoms. The summed E-state index contributed by atoms with van der Waals surface area (Å²) in [5, 5.41) is 10.8. The molecule has 0 heterocycles. The molecule has 0 radical (unpaired) electrons. The molecule has 0 saturated heterocycles. The SMILES string of the molecule is Cc1cc(S)c(C(C)(C)C)cc1NC(=O)OC(=O)O. The minimum Gasteiger partial charge on any atom is -0.449 e. The molecule has 1 aromatic carbocycles. The van der Waals surface area contributed by atoms with Gasteiger partial charge >= 0.3 is 12.2 Å². The van der Waals surface area contributed by atoms with Crippen molar-refractivity contribution in [3.63, 3.8) is 0 Å². The molecule has 19 heavy (non-hydrogen) atoms. The lowest BCUT2D eigenvalue weighted by molar-refractivity contribution is 0.116. The minimum atomic E-state index is -1.64.